The highest BCUT2D eigenvalue weighted by molar-refractivity contribution is 8.04. The largest absolute Gasteiger partial charge is 0.496 e. The van der Waals surface area contributed by atoms with E-state index in [1.54, 1.807) is 0 Å². The van der Waals surface area contributed by atoms with E-state index >= 15 is 0 Å². The zero-order chi connectivity index (χ0) is 9.97. The van der Waals surface area contributed by atoms with Crippen LogP contribution in [0.1, 0.15) is 5.56 Å². The van der Waals surface area contributed by atoms with E-state index in [4.69, 9.17) is 0 Å². The third kappa shape index (κ3) is 1.99. The van der Waals surface area contributed by atoms with Crippen LogP contribution in [0.15, 0.2) is 46.9 Å². The maximum absolute atomic E-state index is 9.49. The van der Waals surface area contributed by atoms with Gasteiger partial charge in [-0.3, -0.25) is 0 Å². The molecule has 0 aromatic heterocycles. The summed E-state index contributed by atoms with van der Waals surface area (Å²) in [6.07, 6.45) is 0.805. The predicted molar refractivity (Wildman–Crippen MR) is 60.7 cm³/mol. The Hall–Kier alpha value is -1.22. The molecule has 14 heavy (non-hydrogen) atoms. The highest BCUT2D eigenvalue weighted by Gasteiger charge is 2.23. The Labute approximate surface area is 87.4 Å². The molecule has 0 saturated heterocycles. The maximum atomic E-state index is 9.49. The molecule has 1 aromatic rings. The summed E-state index contributed by atoms with van der Waals surface area (Å²) in [5.41, 5.74) is 1.21. The fourth-order valence-electron chi connectivity index (χ4n) is 1.40. The first-order chi connectivity index (χ1) is 6.75. The SMILES string of the molecule is C=C1N=C(O)C(Cc2ccccc2)S1. The zero-order valence-corrected chi connectivity index (χ0v) is 8.50. The summed E-state index contributed by atoms with van der Waals surface area (Å²) in [5.74, 6) is 0.198. The molecule has 0 radical (unpaired) electrons. The molecule has 2 nitrogen and oxygen atoms in total. The van der Waals surface area contributed by atoms with Gasteiger partial charge in [0.25, 0.3) is 0 Å². The number of rotatable bonds is 2. The van der Waals surface area contributed by atoms with Crippen LogP contribution >= 0.6 is 11.8 Å². The van der Waals surface area contributed by atoms with Crippen LogP contribution < -0.4 is 0 Å². The second kappa shape index (κ2) is 3.88. The van der Waals surface area contributed by atoms with Crippen LogP contribution in [0.25, 0.3) is 0 Å². The molecule has 1 N–H and O–H groups in total. The van der Waals surface area contributed by atoms with Gasteiger partial charge in [-0.1, -0.05) is 48.7 Å². The second-order valence-corrected chi connectivity index (χ2v) is 4.44. The minimum absolute atomic E-state index is 0.0462. The van der Waals surface area contributed by atoms with Crippen LogP contribution in [0.3, 0.4) is 0 Å². The highest BCUT2D eigenvalue weighted by Crippen LogP contribution is 2.31. The Kier molecular flexibility index (Phi) is 2.59. The topological polar surface area (TPSA) is 32.6 Å². The Morgan fingerprint density at radius 2 is 2.07 bits per heavy atom. The van der Waals surface area contributed by atoms with Crippen molar-refractivity contribution < 1.29 is 5.11 Å². The molecule has 0 bridgehead atoms. The first-order valence-corrected chi connectivity index (χ1v) is 5.31. The van der Waals surface area contributed by atoms with Crippen molar-refractivity contribution in [2.75, 3.05) is 0 Å². The molecule has 0 fully saturated rings. The molecule has 0 saturated carbocycles. The van der Waals surface area contributed by atoms with E-state index in [0.29, 0.717) is 5.03 Å². The molecule has 1 unspecified atom stereocenters. The zero-order valence-electron chi connectivity index (χ0n) is 7.68. The Morgan fingerprint density at radius 3 is 2.64 bits per heavy atom. The van der Waals surface area contributed by atoms with Crippen LogP contribution in [-0.2, 0) is 6.42 Å². The van der Waals surface area contributed by atoms with Crippen molar-refractivity contribution in [1.29, 1.82) is 0 Å². The summed E-state index contributed by atoms with van der Waals surface area (Å²) in [4.78, 5) is 3.91. The molecule has 1 aliphatic rings. The summed E-state index contributed by atoms with van der Waals surface area (Å²) in [7, 11) is 0. The molecule has 1 atom stereocenters. The van der Waals surface area contributed by atoms with Gasteiger partial charge in [0.1, 0.15) is 0 Å². The van der Waals surface area contributed by atoms with Gasteiger partial charge in [0, 0.05) is 0 Å². The lowest BCUT2D eigenvalue weighted by Crippen LogP contribution is -2.15. The van der Waals surface area contributed by atoms with E-state index in [-0.39, 0.29) is 11.1 Å². The lowest BCUT2D eigenvalue weighted by Gasteiger charge is -2.07. The minimum Gasteiger partial charge on any atom is -0.496 e. The van der Waals surface area contributed by atoms with Gasteiger partial charge in [-0.15, -0.1) is 0 Å². The molecule has 0 amide bonds. The number of hydrogen-bond acceptors (Lipinski definition) is 2. The number of aliphatic hydroxyl groups is 1. The molecule has 72 valence electrons. The van der Waals surface area contributed by atoms with Crippen molar-refractivity contribution in [3.8, 4) is 0 Å². The summed E-state index contributed by atoms with van der Waals surface area (Å²) < 4.78 is 0. The van der Waals surface area contributed by atoms with Gasteiger partial charge in [0.15, 0.2) is 0 Å². The Morgan fingerprint density at radius 1 is 1.36 bits per heavy atom. The van der Waals surface area contributed by atoms with Gasteiger partial charge < -0.3 is 5.11 Å². The summed E-state index contributed by atoms with van der Waals surface area (Å²) in [6, 6.07) is 10.1. The number of thioether (sulfide) groups is 1. The monoisotopic (exact) mass is 205 g/mol. The number of nitrogens with zero attached hydrogens (tertiary/aromatic N) is 1. The molecule has 1 aromatic carbocycles. The lowest BCUT2D eigenvalue weighted by atomic mass is 10.1. The maximum Gasteiger partial charge on any atom is 0.200 e. The van der Waals surface area contributed by atoms with Gasteiger partial charge in [-0.25, -0.2) is 4.99 Å². The molecule has 2 rings (SSSR count). The van der Waals surface area contributed by atoms with Crippen molar-refractivity contribution in [2.45, 2.75) is 11.7 Å². The minimum atomic E-state index is 0.0462. The third-order valence-electron chi connectivity index (χ3n) is 2.07. The van der Waals surface area contributed by atoms with Crippen LogP contribution in [0.4, 0.5) is 0 Å². The van der Waals surface area contributed by atoms with E-state index in [1.165, 1.54) is 17.3 Å². The number of aliphatic imine (C=N–C) groups is 1. The van der Waals surface area contributed by atoms with E-state index in [2.05, 4.69) is 23.7 Å². The smallest absolute Gasteiger partial charge is 0.200 e. The van der Waals surface area contributed by atoms with E-state index in [0.717, 1.165) is 6.42 Å². The lowest BCUT2D eigenvalue weighted by molar-refractivity contribution is 0.535. The third-order valence-corrected chi connectivity index (χ3v) is 3.09. The summed E-state index contributed by atoms with van der Waals surface area (Å²) in [6.45, 7) is 3.71. The number of hydrogen-bond donors (Lipinski definition) is 1. The first kappa shape index (κ1) is 9.34. The molecule has 0 spiro atoms. The van der Waals surface area contributed by atoms with Crippen LogP contribution in [0.5, 0.6) is 0 Å². The van der Waals surface area contributed by atoms with E-state index in [1.807, 2.05) is 18.2 Å². The van der Waals surface area contributed by atoms with Gasteiger partial charge in [-0.05, 0) is 12.0 Å². The molecule has 0 aliphatic carbocycles. The molecule has 3 heteroatoms. The van der Waals surface area contributed by atoms with Crippen molar-refractivity contribution in [1.82, 2.24) is 0 Å². The molecular formula is C11H11NOS. The van der Waals surface area contributed by atoms with Gasteiger partial charge in [-0.2, -0.15) is 0 Å². The fraction of sp³-hybridized carbons (Fsp3) is 0.182. The van der Waals surface area contributed by atoms with Crippen molar-refractivity contribution >= 4 is 17.7 Å². The summed E-state index contributed by atoms with van der Waals surface area (Å²) in [5, 5.41) is 10.2. The number of benzene rings is 1. The predicted octanol–water partition coefficient (Wildman–Crippen LogP) is 2.77. The van der Waals surface area contributed by atoms with Gasteiger partial charge >= 0.3 is 0 Å². The fourth-order valence-corrected chi connectivity index (χ4v) is 2.31. The van der Waals surface area contributed by atoms with Crippen LogP contribution in [0.2, 0.25) is 0 Å². The normalized spacial score (nSPS) is 21.0. The van der Waals surface area contributed by atoms with E-state index < -0.39 is 0 Å². The van der Waals surface area contributed by atoms with Crippen molar-refractivity contribution in [2.24, 2.45) is 4.99 Å². The number of aliphatic hydroxyl groups excluding tert-OH is 1. The van der Waals surface area contributed by atoms with Gasteiger partial charge in [0.2, 0.25) is 5.90 Å². The van der Waals surface area contributed by atoms with Crippen LogP contribution in [0, 0.1) is 0 Å². The average molecular weight is 205 g/mol. The van der Waals surface area contributed by atoms with Crippen molar-refractivity contribution in [3.63, 3.8) is 0 Å². The van der Waals surface area contributed by atoms with Gasteiger partial charge in [0.05, 0.1) is 10.3 Å². The second-order valence-electron chi connectivity index (χ2n) is 3.16. The Balaban J connectivity index is 2.07. The summed E-state index contributed by atoms with van der Waals surface area (Å²) >= 11 is 1.52. The average Bonchev–Trinajstić information content (AvgIpc) is 2.47. The molecular weight excluding hydrogens is 194 g/mol. The Bertz CT molecular complexity index is 372. The van der Waals surface area contributed by atoms with Crippen LogP contribution in [-0.4, -0.2) is 16.3 Å². The first-order valence-electron chi connectivity index (χ1n) is 4.43. The van der Waals surface area contributed by atoms with E-state index in [9.17, 15) is 5.11 Å². The quantitative estimate of drug-likeness (QED) is 0.805. The molecule has 1 heterocycles. The molecule has 1 aliphatic heterocycles. The van der Waals surface area contributed by atoms with Crippen molar-refractivity contribution in [3.05, 3.63) is 47.5 Å². The highest BCUT2D eigenvalue weighted by atomic mass is 32.2. The standard InChI is InChI=1S/C11H11NOS/c1-8-12-11(13)10(14-8)7-9-5-3-2-4-6-9/h2-6,10H,1,7H2,(H,12,13).